The van der Waals surface area contributed by atoms with Crippen LogP contribution in [0.5, 0.6) is 0 Å². The Labute approximate surface area is 102 Å². The van der Waals surface area contributed by atoms with Gasteiger partial charge in [-0.05, 0) is 24.5 Å². The summed E-state index contributed by atoms with van der Waals surface area (Å²) in [6.45, 7) is 2.79. The number of hydrogen-bond donors (Lipinski definition) is 1. The number of nitrogens with one attached hydrogen (secondary N) is 1. The maximum Gasteiger partial charge on any atom is 0.0770 e. The van der Waals surface area contributed by atoms with E-state index in [1.807, 2.05) is 6.07 Å². The van der Waals surface area contributed by atoms with Gasteiger partial charge in [-0.25, -0.2) is 0 Å². The molecular weight excluding hydrogens is 222 g/mol. The molecule has 1 N–H and O–H groups in total. The lowest BCUT2D eigenvalue weighted by Gasteiger charge is -2.42. The van der Waals surface area contributed by atoms with E-state index in [-0.39, 0.29) is 10.9 Å². The van der Waals surface area contributed by atoms with Crippen molar-refractivity contribution in [2.45, 2.75) is 30.7 Å². The summed E-state index contributed by atoms with van der Waals surface area (Å²) in [6.07, 6.45) is 1.87. The van der Waals surface area contributed by atoms with Crippen LogP contribution in [0, 0.1) is 0 Å². The molecule has 16 heavy (non-hydrogen) atoms. The topological polar surface area (TPSA) is 21.3 Å². The second-order valence-corrected chi connectivity index (χ2v) is 4.92. The van der Waals surface area contributed by atoms with Crippen molar-refractivity contribution >= 4 is 17.3 Å². The van der Waals surface area contributed by atoms with Gasteiger partial charge in [-0.3, -0.25) is 0 Å². The normalized spacial score (nSPS) is 28.3. The Bertz CT molecular complexity index is 369. The Hall–Kier alpha value is -0.730. The molecule has 1 aromatic rings. The summed E-state index contributed by atoms with van der Waals surface area (Å²) in [6, 6.07) is 8.34. The summed E-state index contributed by atoms with van der Waals surface area (Å²) in [4.78, 5) is 0. The van der Waals surface area contributed by atoms with Gasteiger partial charge in [0, 0.05) is 12.8 Å². The molecular formula is C13H18ClNO. The van der Waals surface area contributed by atoms with Crippen LogP contribution in [0.2, 0.25) is 0 Å². The molecule has 2 rings (SSSR count). The van der Waals surface area contributed by atoms with Gasteiger partial charge in [-0.1, -0.05) is 25.1 Å². The number of alkyl halides is 1. The van der Waals surface area contributed by atoms with Gasteiger partial charge in [0.2, 0.25) is 0 Å². The molecule has 0 fully saturated rings. The monoisotopic (exact) mass is 239 g/mol. The van der Waals surface area contributed by atoms with E-state index in [0.717, 1.165) is 12.8 Å². The summed E-state index contributed by atoms with van der Waals surface area (Å²) >= 11 is 6.50. The van der Waals surface area contributed by atoms with E-state index in [1.54, 1.807) is 7.11 Å². The van der Waals surface area contributed by atoms with Crippen molar-refractivity contribution in [2.24, 2.45) is 0 Å². The third kappa shape index (κ3) is 1.92. The molecule has 0 saturated carbocycles. The highest BCUT2D eigenvalue weighted by Crippen LogP contribution is 2.36. The first-order chi connectivity index (χ1) is 7.72. The molecule has 0 spiro atoms. The Morgan fingerprint density at radius 3 is 2.94 bits per heavy atom. The molecule has 1 aliphatic heterocycles. The van der Waals surface area contributed by atoms with Crippen LogP contribution >= 0.6 is 11.6 Å². The second kappa shape index (κ2) is 4.64. The number of rotatable bonds is 3. The molecule has 2 atom stereocenters. The molecule has 0 unspecified atom stereocenters. The molecule has 1 heterocycles. The average molecular weight is 240 g/mol. The van der Waals surface area contributed by atoms with Gasteiger partial charge in [0.05, 0.1) is 17.5 Å². The fourth-order valence-electron chi connectivity index (χ4n) is 2.35. The van der Waals surface area contributed by atoms with Crippen LogP contribution in [-0.2, 0) is 11.2 Å². The van der Waals surface area contributed by atoms with Crippen molar-refractivity contribution < 1.29 is 4.74 Å². The summed E-state index contributed by atoms with van der Waals surface area (Å²) in [7, 11) is 1.73. The zero-order valence-corrected chi connectivity index (χ0v) is 10.6. The molecule has 1 aliphatic rings. The molecule has 0 saturated heterocycles. The second-order valence-electron chi connectivity index (χ2n) is 4.40. The number of halogens is 1. The van der Waals surface area contributed by atoms with E-state index in [4.69, 9.17) is 16.3 Å². The zero-order valence-electron chi connectivity index (χ0n) is 9.79. The van der Waals surface area contributed by atoms with Gasteiger partial charge >= 0.3 is 0 Å². The van der Waals surface area contributed by atoms with E-state index in [1.165, 1.54) is 11.3 Å². The largest absolute Gasteiger partial charge is 0.382 e. The Kier molecular flexibility index (Phi) is 3.41. The van der Waals surface area contributed by atoms with Gasteiger partial charge in [0.25, 0.3) is 0 Å². The van der Waals surface area contributed by atoms with Crippen molar-refractivity contribution in [2.75, 3.05) is 19.0 Å². The van der Waals surface area contributed by atoms with Crippen molar-refractivity contribution in [1.82, 2.24) is 0 Å². The maximum atomic E-state index is 6.50. The Balaban J connectivity index is 2.32. The minimum Gasteiger partial charge on any atom is -0.382 e. The van der Waals surface area contributed by atoms with Crippen LogP contribution in [0.25, 0.3) is 0 Å². The van der Waals surface area contributed by atoms with Gasteiger partial charge in [0.15, 0.2) is 0 Å². The minimum absolute atomic E-state index is 0.0762. The highest BCUT2D eigenvalue weighted by Gasteiger charge is 2.40. The van der Waals surface area contributed by atoms with Crippen molar-refractivity contribution in [3.05, 3.63) is 29.8 Å². The lowest BCUT2D eigenvalue weighted by molar-refractivity contribution is 0.135. The maximum absolute atomic E-state index is 6.50. The molecule has 1 aromatic carbocycles. The molecule has 3 heteroatoms. The molecule has 0 amide bonds. The number of benzene rings is 1. The fourth-order valence-corrected chi connectivity index (χ4v) is 2.79. The lowest BCUT2D eigenvalue weighted by Crippen LogP contribution is -2.53. The molecule has 0 bridgehead atoms. The van der Waals surface area contributed by atoms with Crippen LogP contribution in [0.15, 0.2) is 24.3 Å². The zero-order chi connectivity index (χ0) is 11.6. The minimum atomic E-state index is -0.134. The van der Waals surface area contributed by atoms with E-state index in [0.29, 0.717) is 6.61 Å². The lowest BCUT2D eigenvalue weighted by atomic mass is 9.84. The molecule has 0 aromatic heterocycles. The predicted octanol–water partition coefficient (Wildman–Crippen LogP) is 3.06. The molecule has 88 valence electrons. The Morgan fingerprint density at radius 2 is 2.25 bits per heavy atom. The van der Waals surface area contributed by atoms with Gasteiger partial charge < -0.3 is 10.1 Å². The SMILES string of the molecule is CC[C@]1(COC)Nc2ccccc2C[C@H]1Cl. The number of methoxy groups -OCH3 is 1. The van der Waals surface area contributed by atoms with E-state index in [9.17, 15) is 0 Å². The van der Waals surface area contributed by atoms with Crippen LogP contribution in [0.3, 0.4) is 0 Å². The van der Waals surface area contributed by atoms with Crippen molar-refractivity contribution in [3.8, 4) is 0 Å². The first kappa shape index (κ1) is 11.7. The predicted molar refractivity (Wildman–Crippen MR) is 68.3 cm³/mol. The fraction of sp³-hybridized carbons (Fsp3) is 0.538. The molecule has 0 radical (unpaired) electrons. The third-order valence-electron chi connectivity index (χ3n) is 3.43. The van der Waals surface area contributed by atoms with E-state index in [2.05, 4.69) is 30.4 Å². The number of hydrogen-bond acceptors (Lipinski definition) is 2. The molecule has 0 aliphatic carbocycles. The summed E-state index contributed by atoms with van der Waals surface area (Å²) in [5.74, 6) is 0. The third-order valence-corrected chi connectivity index (χ3v) is 4.00. The first-order valence-corrected chi connectivity index (χ1v) is 6.14. The van der Waals surface area contributed by atoms with Crippen LogP contribution in [-0.4, -0.2) is 24.6 Å². The Morgan fingerprint density at radius 1 is 1.50 bits per heavy atom. The average Bonchev–Trinajstić information content (AvgIpc) is 2.30. The molecule has 2 nitrogen and oxygen atoms in total. The highest BCUT2D eigenvalue weighted by molar-refractivity contribution is 6.22. The summed E-state index contributed by atoms with van der Waals surface area (Å²) in [5.41, 5.74) is 2.35. The van der Waals surface area contributed by atoms with E-state index < -0.39 is 0 Å². The summed E-state index contributed by atoms with van der Waals surface area (Å²) < 4.78 is 5.31. The van der Waals surface area contributed by atoms with Gasteiger partial charge in [0.1, 0.15) is 0 Å². The standard InChI is InChI=1S/C13H18ClNO/c1-3-13(9-16-2)12(14)8-10-6-4-5-7-11(10)15-13/h4-7,12,15H,3,8-9H2,1-2H3/t12-,13-/m1/s1. The number of para-hydroxylation sites is 1. The number of ether oxygens (including phenoxy) is 1. The smallest absolute Gasteiger partial charge is 0.0770 e. The number of anilines is 1. The van der Waals surface area contributed by atoms with Gasteiger partial charge in [-0.15, -0.1) is 11.6 Å². The number of fused-ring (bicyclic) bond motifs is 1. The quantitative estimate of drug-likeness (QED) is 0.819. The highest BCUT2D eigenvalue weighted by atomic mass is 35.5. The van der Waals surface area contributed by atoms with Crippen LogP contribution in [0.1, 0.15) is 18.9 Å². The van der Waals surface area contributed by atoms with Gasteiger partial charge in [-0.2, -0.15) is 0 Å². The first-order valence-electron chi connectivity index (χ1n) is 5.71. The van der Waals surface area contributed by atoms with Crippen molar-refractivity contribution in [3.63, 3.8) is 0 Å². The van der Waals surface area contributed by atoms with Crippen LogP contribution in [0.4, 0.5) is 5.69 Å². The van der Waals surface area contributed by atoms with Crippen molar-refractivity contribution in [1.29, 1.82) is 0 Å². The van der Waals surface area contributed by atoms with Crippen LogP contribution < -0.4 is 5.32 Å². The van der Waals surface area contributed by atoms with E-state index >= 15 is 0 Å². The summed E-state index contributed by atoms with van der Waals surface area (Å²) in [5, 5.41) is 3.63.